The number of hydrogen-bond donors (Lipinski definition) is 3. The highest BCUT2D eigenvalue weighted by Gasteiger charge is 2.07. The summed E-state index contributed by atoms with van der Waals surface area (Å²) in [7, 11) is 1.88. The number of aliphatic hydroxyl groups excluding tert-OH is 1. The summed E-state index contributed by atoms with van der Waals surface area (Å²) in [6.07, 6.45) is 1.88. The van der Waals surface area contributed by atoms with Crippen LogP contribution in [0.25, 0.3) is 0 Å². The molecule has 0 saturated carbocycles. The third-order valence-electron chi connectivity index (χ3n) is 2.22. The average Bonchev–Trinajstić information content (AvgIpc) is 2.14. The molecule has 0 aromatic heterocycles. The van der Waals surface area contributed by atoms with Gasteiger partial charge in [0.25, 0.3) is 0 Å². The average molecular weight is 253 g/mol. The minimum atomic E-state index is -0.291. The topological polar surface area (TPSA) is 61.4 Å². The molecule has 0 radical (unpaired) electrons. The van der Waals surface area contributed by atoms with Crippen LogP contribution in [-0.4, -0.2) is 37.3 Å². The number of amides is 1. The Morgan fingerprint density at radius 2 is 2.00 bits per heavy atom. The molecule has 4 nitrogen and oxygen atoms in total. The van der Waals surface area contributed by atoms with Gasteiger partial charge in [0.1, 0.15) is 0 Å². The van der Waals surface area contributed by atoms with Crippen molar-refractivity contribution in [3.63, 3.8) is 0 Å². The summed E-state index contributed by atoms with van der Waals surface area (Å²) in [6.45, 7) is 5.33. The lowest BCUT2D eigenvalue weighted by Gasteiger charge is -2.14. The molecule has 0 aromatic carbocycles. The number of halogens is 1. The molecule has 0 bridgehead atoms. The van der Waals surface area contributed by atoms with E-state index in [0.29, 0.717) is 18.9 Å². The summed E-state index contributed by atoms with van der Waals surface area (Å²) in [5.74, 6) is 0.431. The number of carbonyl (C=O) groups excluding carboxylic acids is 1. The second-order valence-electron chi connectivity index (χ2n) is 4.20. The first-order valence-corrected chi connectivity index (χ1v) is 5.65. The van der Waals surface area contributed by atoms with Crippen molar-refractivity contribution in [2.24, 2.45) is 5.92 Å². The molecule has 0 heterocycles. The van der Waals surface area contributed by atoms with Gasteiger partial charge in [0, 0.05) is 13.0 Å². The minimum absolute atomic E-state index is 0. The van der Waals surface area contributed by atoms with Crippen LogP contribution in [0.4, 0.5) is 0 Å². The lowest BCUT2D eigenvalue weighted by Crippen LogP contribution is -2.29. The van der Waals surface area contributed by atoms with Gasteiger partial charge in [-0.05, 0) is 39.3 Å². The van der Waals surface area contributed by atoms with Gasteiger partial charge in [-0.1, -0.05) is 6.92 Å². The molecule has 5 heteroatoms. The molecule has 0 aromatic rings. The summed E-state index contributed by atoms with van der Waals surface area (Å²) >= 11 is 0. The molecule has 0 fully saturated rings. The van der Waals surface area contributed by atoms with Gasteiger partial charge in [0.15, 0.2) is 0 Å². The van der Waals surface area contributed by atoms with Crippen molar-refractivity contribution >= 4 is 18.3 Å². The molecule has 2 atom stereocenters. The number of rotatable bonds is 8. The summed E-state index contributed by atoms with van der Waals surface area (Å²) in [4.78, 5) is 11.3. The highest BCUT2D eigenvalue weighted by molar-refractivity contribution is 5.85. The van der Waals surface area contributed by atoms with Crippen molar-refractivity contribution in [1.82, 2.24) is 10.6 Å². The molecule has 3 N–H and O–H groups in total. The number of nitrogens with one attached hydrogen (secondary N) is 2. The Kier molecular flexibility index (Phi) is 12.6. The van der Waals surface area contributed by atoms with Gasteiger partial charge >= 0.3 is 0 Å². The van der Waals surface area contributed by atoms with E-state index in [9.17, 15) is 4.79 Å². The van der Waals surface area contributed by atoms with Crippen molar-refractivity contribution in [3.05, 3.63) is 0 Å². The zero-order chi connectivity index (χ0) is 11.7. The largest absolute Gasteiger partial charge is 0.393 e. The summed E-state index contributed by atoms with van der Waals surface area (Å²) < 4.78 is 0. The Bertz CT molecular complexity index is 177. The third kappa shape index (κ3) is 11.8. The van der Waals surface area contributed by atoms with E-state index >= 15 is 0 Å². The van der Waals surface area contributed by atoms with Crippen LogP contribution in [0.1, 0.15) is 33.1 Å². The zero-order valence-corrected chi connectivity index (χ0v) is 11.3. The van der Waals surface area contributed by atoms with E-state index in [1.165, 1.54) is 0 Å². The van der Waals surface area contributed by atoms with Crippen molar-refractivity contribution in [1.29, 1.82) is 0 Å². The maximum absolute atomic E-state index is 11.3. The standard InChI is InChI=1S/C11H24N2O2.ClH/c1-9(7-10(2)14)8-13-11(15)5-4-6-12-3;/h9-10,12,14H,4-8H2,1-3H3,(H,13,15);1H. The van der Waals surface area contributed by atoms with Gasteiger partial charge in [-0.2, -0.15) is 0 Å². The van der Waals surface area contributed by atoms with Crippen LogP contribution in [0.2, 0.25) is 0 Å². The fourth-order valence-corrected chi connectivity index (χ4v) is 1.47. The number of hydrogen-bond acceptors (Lipinski definition) is 3. The van der Waals surface area contributed by atoms with Crippen molar-refractivity contribution in [2.75, 3.05) is 20.1 Å². The molecule has 0 saturated heterocycles. The lowest BCUT2D eigenvalue weighted by atomic mass is 10.0. The van der Waals surface area contributed by atoms with E-state index in [4.69, 9.17) is 5.11 Å². The van der Waals surface area contributed by atoms with Gasteiger partial charge in [-0.25, -0.2) is 0 Å². The van der Waals surface area contributed by atoms with Gasteiger partial charge in [-0.3, -0.25) is 4.79 Å². The van der Waals surface area contributed by atoms with Gasteiger partial charge in [0.05, 0.1) is 6.10 Å². The van der Waals surface area contributed by atoms with E-state index in [-0.39, 0.29) is 24.4 Å². The Morgan fingerprint density at radius 1 is 1.38 bits per heavy atom. The first-order chi connectivity index (χ1) is 7.06. The fraction of sp³-hybridized carbons (Fsp3) is 0.909. The first-order valence-electron chi connectivity index (χ1n) is 5.65. The van der Waals surface area contributed by atoms with Crippen molar-refractivity contribution in [2.45, 2.75) is 39.2 Å². The molecule has 1 amide bonds. The molecule has 2 unspecified atom stereocenters. The molecule has 16 heavy (non-hydrogen) atoms. The Morgan fingerprint density at radius 3 is 2.50 bits per heavy atom. The van der Waals surface area contributed by atoms with Crippen molar-refractivity contribution < 1.29 is 9.90 Å². The van der Waals surface area contributed by atoms with E-state index < -0.39 is 0 Å². The molecule has 98 valence electrons. The summed E-state index contributed by atoms with van der Waals surface area (Å²) in [5.41, 5.74) is 0. The Hall–Kier alpha value is -0.320. The number of aliphatic hydroxyl groups is 1. The van der Waals surface area contributed by atoms with Crippen LogP contribution in [0.3, 0.4) is 0 Å². The van der Waals surface area contributed by atoms with E-state index in [2.05, 4.69) is 10.6 Å². The first kappa shape index (κ1) is 18.1. The molecular weight excluding hydrogens is 228 g/mol. The highest BCUT2D eigenvalue weighted by atomic mass is 35.5. The fourth-order valence-electron chi connectivity index (χ4n) is 1.47. The molecule has 0 aliphatic heterocycles. The molecular formula is C11H25ClN2O2. The summed E-state index contributed by atoms with van der Waals surface area (Å²) in [5, 5.41) is 15.0. The van der Waals surface area contributed by atoms with Gasteiger partial charge in [0.2, 0.25) is 5.91 Å². The van der Waals surface area contributed by atoms with Crippen LogP contribution >= 0.6 is 12.4 Å². The van der Waals surface area contributed by atoms with E-state index in [1.54, 1.807) is 6.92 Å². The minimum Gasteiger partial charge on any atom is -0.393 e. The van der Waals surface area contributed by atoms with Crippen molar-refractivity contribution in [3.8, 4) is 0 Å². The normalized spacial score (nSPS) is 13.8. The third-order valence-corrected chi connectivity index (χ3v) is 2.22. The second-order valence-corrected chi connectivity index (χ2v) is 4.20. The van der Waals surface area contributed by atoms with Gasteiger partial charge < -0.3 is 15.7 Å². The predicted molar refractivity (Wildman–Crippen MR) is 68.9 cm³/mol. The Balaban J connectivity index is 0. The van der Waals surface area contributed by atoms with Crippen LogP contribution < -0.4 is 10.6 Å². The molecule has 0 spiro atoms. The van der Waals surface area contributed by atoms with Crippen LogP contribution in [0.5, 0.6) is 0 Å². The van der Waals surface area contributed by atoms with E-state index in [0.717, 1.165) is 19.4 Å². The lowest BCUT2D eigenvalue weighted by molar-refractivity contribution is -0.121. The monoisotopic (exact) mass is 252 g/mol. The zero-order valence-electron chi connectivity index (χ0n) is 10.5. The van der Waals surface area contributed by atoms with Crippen LogP contribution in [-0.2, 0) is 4.79 Å². The molecule has 0 aliphatic rings. The predicted octanol–water partition coefficient (Wildman–Crippen LogP) is 0.931. The van der Waals surface area contributed by atoms with E-state index in [1.807, 2.05) is 14.0 Å². The quantitative estimate of drug-likeness (QED) is 0.564. The number of carbonyl (C=O) groups is 1. The van der Waals surface area contributed by atoms with Crippen LogP contribution in [0, 0.1) is 5.92 Å². The Labute approximate surface area is 105 Å². The molecule has 0 rings (SSSR count). The molecule has 0 aliphatic carbocycles. The second kappa shape index (κ2) is 11.2. The maximum Gasteiger partial charge on any atom is 0.220 e. The maximum atomic E-state index is 11.3. The van der Waals surface area contributed by atoms with Gasteiger partial charge in [-0.15, -0.1) is 12.4 Å². The van der Waals surface area contributed by atoms with Crippen LogP contribution in [0.15, 0.2) is 0 Å². The SMILES string of the molecule is CNCCCC(=O)NCC(C)CC(C)O.Cl. The summed E-state index contributed by atoms with van der Waals surface area (Å²) in [6, 6.07) is 0. The smallest absolute Gasteiger partial charge is 0.220 e. The highest BCUT2D eigenvalue weighted by Crippen LogP contribution is 2.03.